The Bertz CT molecular complexity index is 543. The molecule has 0 amide bonds. The van der Waals surface area contributed by atoms with Gasteiger partial charge in [-0.05, 0) is 85.9 Å². The van der Waals surface area contributed by atoms with Crippen LogP contribution in [0, 0.1) is 51.8 Å². The molecule has 3 nitrogen and oxygen atoms in total. The second kappa shape index (κ2) is 7.44. The Kier molecular flexibility index (Phi) is 5.76. The number of aliphatic hydroxyl groups excluding tert-OH is 1. The van der Waals surface area contributed by atoms with E-state index >= 15 is 0 Å². The highest BCUT2D eigenvalue weighted by atomic mass is 16.5. The quantitative estimate of drug-likeness (QED) is 0.700. The fourth-order valence-corrected chi connectivity index (χ4v) is 7.85. The largest absolute Gasteiger partial charge is 0.393 e. The molecule has 4 saturated carbocycles. The number of rotatable bonds is 1. The van der Waals surface area contributed by atoms with Crippen LogP contribution < -0.4 is 0 Å². The lowest BCUT2D eigenvalue weighted by Gasteiger charge is -2.62. The summed E-state index contributed by atoms with van der Waals surface area (Å²) < 4.78 is 5.74. The average Bonchev–Trinajstić information content (AvgIpc) is 2.97. The zero-order valence-corrected chi connectivity index (χ0v) is 17.5. The van der Waals surface area contributed by atoms with Gasteiger partial charge in [0.25, 0.3) is 0 Å². The van der Waals surface area contributed by atoms with Gasteiger partial charge >= 0.3 is 0 Å². The van der Waals surface area contributed by atoms with Crippen molar-refractivity contribution in [3.8, 4) is 6.07 Å². The van der Waals surface area contributed by atoms with Gasteiger partial charge in [-0.3, -0.25) is 0 Å². The molecule has 0 aromatic rings. The van der Waals surface area contributed by atoms with Crippen LogP contribution in [-0.4, -0.2) is 24.4 Å². The molecule has 0 aromatic carbocycles. The summed E-state index contributed by atoms with van der Waals surface area (Å²) in [6, 6.07) is 2.57. The normalized spacial score (nSPS) is 52.6. The molecular formula is C23H39NO2. The van der Waals surface area contributed by atoms with Crippen LogP contribution in [0.5, 0.6) is 0 Å². The minimum Gasteiger partial charge on any atom is -0.393 e. The molecule has 9 unspecified atom stereocenters. The third-order valence-electron chi connectivity index (χ3n) is 8.99. The van der Waals surface area contributed by atoms with Crippen LogP contribution in [-0.2, 0) is 4.74 Å². The van der Waals surface area contributed by atoms with Gasteiger partial charge in [-0.25, -0.2) is 0 Å². The first kappa shape index (κ1) is 20.2. The molecule has 9 atom stereocenters. The minimum absolute atomic E-state index is 0.0356. The van der Waals surface area contributed by atoms with Gasteiger partial charge in [0.15, 0.2) is 0 Å². The Labute approximate surface area is 160 Å². The fraction of sp³-hybridized carbons (Fsp3) is 0.957. The molecule has 0 radical (unpaired) electrons. The number of fused-ring (bicyclic) bond motifs is 5. The maximum absolute atomic E-state index is 11.2. The Morgan fingerprint density at radius 3 is 2.31 bits per heavy atom. The van der Waals surface area contributed by atoms with Gasteiger partial charge in [0.1, 0.15) is 0 Å². The molecule has 0 saturated heterocycles. The van der Waals surface area contributed by atoms with E-state index in [0.29, 0.717) is 23.9 Å². The van der Waals surface area contributed by atoms with Crippen LogP contribution in [0.2, 0.25) is 0 Å². The van der Waals surface area contributed by atoms with Crippen LogP contribution in [0.4, 0.5) is 0 Å². The number of hydrogen-bond donors (Lipinski definition) is 1. The van der Waals surface area contributed by atoms with Gasteiger partial charge in [-0.1, -0.05) is 27.7 Å². The number of nitrogens with zero attached hydrogens (tertiary/aromatic N) is 1. The molecule has 148 valence electrons. The lowest BCUT2D eigenvalue weighted by atomic mass is 9.44. The van der Waals surface area contributed by atoms with Crippen LogP contribution >= 0.6 is 0 Å². The standard InChI is InChI=1S/C21H33NO2.C2H6/c1-20-11-18(23)19-16(17(20)9-6-14(20)12-22)8-5-13-4-7-15(24-3)10-21(13,19)2;1-2/h13-19,23H,4-11H2,1-3H3;1-2H3. The molecule has 4 rings (SSSR count). The van der Waals surface area contributed by atoms with Crippen molar-refractivity contribution in [2.75, 3.05) is 7.11 Å². The summed E-state index contributed by atoms with van der Waals surface area (Å²) >= 11 is 0. The van der Waals surface area contributed by atoms with Crippen LogP contribution in [0.25, 0.3) is 0 Å². The van der Waals surface area contributed by atoms with E-state index in [9.17, 15) is 10.4 Å². The van der Waals surface area contributed by atoms with E-state index in [0.717, 1.165) is 25.2 Å². The van der Waals surface area contributed by atoms with E-state index in [1.54, 1.807) is 0 Å². The van der Waals surface area contributed by atoms with Gasteiger partial charge in [0.05, 0.1) is 24.2 Å². The van der Waals surface area contributed by atoms with Crippen LogP contribution in [0.1, 0.15) is 79.1 Å². The van der Waals surface area contributed by atoms with Crippen molar-refractivity contribution in [1.29, 1.82) is 5.26 Å². The summed E-state index contributed by atoms with van der Waals surface area (Å²) in [5.41, 5.74) is 0.251. The molecule has 0 heterocycles. The maximum atomic E-state index is 11.2. The molecule has 26 heavy (non-hydrogen) atoms. The molecule has 3 heteroatoms. The fourth-order valence-electron chi connectivity index (χ4n) is 7.85. The molecular weight excluding hydrogens is 322 g/mol. The first-order chi connectivity index (χ1) is 12.4. The lowest BCUT2D eigenvalue weighted by molar-refractivity contribution is -0.180. The highest BCUT2D eigenvalue weighted by molar-refractivity contribution is 5.14. The van der Waals surface area contributed by atoms with Gasteiger partial charge in [-0.15, -0.1) is 0 Å². The molecule has 0 spiro atoms. The highest BCUT2D eigenvalue weighted by Gasteiger charge is 2.63. The Balaban J connectivity index is 0.000000948. The molecule has 0 aliphatic heterocycles. The second-order valence-electron chi connectivity index (χ2n) is 9.75. The highest BCUT2D eigenvalue weighted by Crippen LogP contribution is 2.67. The summed E-state index contributed by atoms with van der Waals surface area (Å²) in [4.78, 5) is 0. The SMILES string of the molecule is CC.COC1CCC2CCC3C4CCC(C#N)C4(C)CC(O)C3C2(C)C1. The maximum Gasteiger partial charge on any atom is 0.0661 e. The van der Waals surface area contributed by atoms with Crippen molar-refractivity contribution in [2.24, 2.45) is 40.4 Å². The summed E-state index contributed by atoms with van der Waals surface area (Å²) in [6.45, 7) is 8.74. The zero-order valence-electron chi connectivity index (χ0n) is 17.5. The van der Waals surface area contributed by atoms with Gasteiger partial charge in [0, 0.05) is 7.11 Å². The monoisotopic (exact) mass is 361 g/mol. The predicted molar refractivity (Wildman–Crippen MR) is 104 cm³/mol. The minimum atomic E-state index is -0.242. The van der Waals surface area contributed by atoms with Crippen molar-refractivity contribution >= 4 is 0 Å². The summed E-state index contributed by atoms with van der Waals surface area (Å²) in [5.74, 6) is 2.54. The Morgan fingerprint density at radius 2 is 1.65 bits per heavy atom. The van der Waals surface area contributed by atoms with Crippen LogP contribution in [0.3, 0.4) is 0 Å². The topological polar surface area (TPSA) is 53.2 Å². The second-order valence-corrected chi connectivity index (χ2v) is 9.75. The number of aliphatic hydroxyl groups is 1. The van der Waals surface area contributed by atoms with E-state index in [-0.39, 0.29) is 22.9 Å². The van der Waals surface area contributed by atoms with Gasteiger partial charge in [-0.2, -0.15) is 5.26 Å². The summed E-state index contributed by atoms with van der Waals surface area (Å²) in [5, 5.41) is 20.9. The number of ether oxygens (including phenoxy) is 1. The molecule has 4 aliphatic rings. The number of hydrogen-bond acceptors (Lipinski definition) is 3. The molecule has 4 fully saturated rings. The summed E-state index contributed by atoms with van der Waals surface area (Å²) in [6.07, 6.45) is 9.30. The smallest absolute Gasteiger partial charge is 0.0661 e. The van der Waals surface area contributed by atoms with E-state index in [1.807, 2.05) is 21.0 Å². The summed E-state index contributed by atoms with van der Waals surface area (Å²) in [7, 11) is 1.84. The first-order valence-corrected chi connectivity index (χ1v) is 11.0. The van der Waals surface area contributed by atoms with E-state index < -0.39 is 0 Å². The van der Waals surface area contributed by atoms with E-state index in [2.05, 4.69) is 19.9 Å². The van der Waals surface area contributed by atoms with Gasteiger partial charge in [0.2, 0.25) is 0 Å². The van der Waals surface area contributed by atoms with Crippen molar-refractivity contribution in [2.45, 2.75) is 91.3 Å². The molecule has 0 bridgehead atoms. The first-order valence-electron chi connectivity index (χ1n) is 11.0. The van der Waals surface area contributed by atoms with Crippen molar-refractivity contribution in [1.82, 2.24) is 0 Å². The average molecular weight is 362 g/mol. The third-order valence-corrected chi connectivity index (χ3v) is 8.99. The van der Waals surface area contributed by atoms with E-state index in [4.69, 9.17) is 4.74 Å². The molecule has 1 N–H and O–H groups in total. The number of nitriles is 1. The van der Waals surface area contributed by atoms with Crippen molar-refractivity contribution in [3.05, 3.63) is 0 Å². The van der Waals surface area contributed by atoms with Crippen molar-refractivity contribution in [3.63, 3.8) is 0 Å². The van der Waals surface area contributed by atoms with Gasteiger partial charge < -0.3 is 9.84 Å². The van der Waals surface area contributed by atoms with Crippen molar-refractivity contribution < 1.29 is 9.84 Å². The van der Waals surface area contributed by atoms with E-state index in [1.165, 1.54) is 32.1 Å². The Hall–Kier alpha value is -0.590. The lowest BCUT2D eigenvalue weighted by Crippen LogP contribution is -2.59. The zero-order chi connectivity index (χ0) is 19.1. The predicted octanol–water partition coefficient (Wildman–Crippen LogP) is 5.18. The number of methoxy groups -OCH3 is 1. The molecule has 4 aliphatic carbocycles. The third kappa shape index (κ3) is 2.83. The molecule has 0 aromatic heterocycles. The Morgan fingerprint density at radius 1 is 0.962 bits per heavy atom. The van der Waals surface area contributed by atoms with Crippen LogP contribution in [0.15, 0.2) is 0 Å².